The van der Waals surface area contributed by atoms with E-state index in [9.17, 15) is 13.2 Å². The van der Waals surface area contributed by atoms with Crippen LogP contribution in [0.15, 0.2) is 18.3 Å². The molecular weight excluding hydrogens is 321 g/mol. The molecular formula is C17H23F3N2S. The molecule has 6 heteroatoms. The zero-order valence-electron chi connectivity index (χ0n) is 13.4. The van der Waals surface area contributed by atoms with Crippen molar-refractivity contribution in [2.24, 2.45) is 11.3 Å². The van der Waals surface area contributed by atoms with Crippen LogP contribution in [0.3, 0.4) is 0 Å². The summed E-state index contributed by atoms with van der Waals surface area (Å²) in [7, 11) is 0. The van der Waals surface area contributed by atoms with Crippen LogP contribution in [0.25, 0.3) is 0 Å². The van der Waals surface area contributed by atoms with Crippen molar-refractivity contribution in [3.05, 3.63) is 29.6 Å². The average molecular weight is 344 g/mol. The van der Waals surface area contributed by atoms with Gasteiger partial charge in [-0.25, -0.2) is 0 Å². The highest BCUT2D eigenvalue weighted by Crippen LogP contribution is 2.42. The number of halogens is 3. The van der Waals surface area contributed by atoms with E-state index in [4.69, 9.17) is 0 Å². The SMILES string of the molecule is CC(Cc1ccc(C(F)(F)F)nc1)CN1CC2(CCSCC2)C1. The van der Waals surface area contributed by atoms with Crippen LogP contribution in [0.1, 0.15) is 31.0 Å². The van der Waals surface area contributed by atoms with Crippen molar-refractivity contribution in [1.82, 2.24) is 9.88 Å². The third-order valence-corrected chi connectivity index (χ3v) is 5.93. The number of thioether (sulfide) groups is 1. The van der Waals surface area contributed by atoms with E-state index < -0.39 is 11.9 Å². The molecule has 1 spiro atoms. The van der Waals surface area contributed by atoms with Crippen molar-refractivity contribution in [3.63, 3.8) is 0 Å². The largest absolute Gasteiger partial charge is 0.433 e. The van der Waals surface area contributed by atoms with Gasteiger partial charge in [-0.1, -0.05) is 13.0 Å². The Hall–Kier alpha value is -0.750. The minimum atomic E-state index is -4.35. The number of likely N-dealkylation sites (tertiary alicyclic amines) is 1. The molecule has 0 aliphatic carbocycles. The predicted octanol–water partition coefficient (Wildman–Crippen LogP) is 4.11. The molecule has 2 nitrogen and oxygen atoms in total. The van der Waals surface area contributed by atoms with Crippen molar-refractivity contribution in [2.45, 2.75) is 32.4 Å². The van der Waals surface area contributed by atoms with Crippen LogP contribution in [0.5, 0.6) is 0 Å². The van der Waals surface area contributed by atoms with Crippen molar-refractivity contribution in [2.75, 3.05) is 31.1 Å². The Kier molecular flexibility index (Phi) is 4.93. The molecule has 23 heavy (non-hydrogen) atoms. The topological polar surface area (TPSA) is 16.1 Å². The number of hydrogen-bond donors (Lipinski definition) is 0. The summed E-state index contributed by atoms with van der Waals surface area (Å²) >= 11 is 2.06. The van der Waals surface area contributed by atoms with Crippen LogP contribution in [0.2, 0.25) is 0 Å². The van der Waals surface area contributed by atoms with Crippen molar-refractivity contribution in [3.8, 4) is 0 Å². The number of rotatable bonds is 4. The van der Waals surface area contributed by atoms with E-state index in [0.29, 0.717) is 11.3 Å². The molecule has 2 saturated heterocycles. The van der Waals surface area contributed by atoms with E-state index in [1.165, 1.54) is 43.6 Å². The maximum Gasteiger partial charge on any atom is 0.433 e. The smallest absolute Gasteiger partial charge is 0.302 e. The van der Waals surface area contributed by atoms with Gasteiger partial charge in [0.2, 0.25) is 0 Å². The molecule has 0 N–H and O–H groups in total. The maximum atomic E-state index is 12.5. The molecule has 0 bridgehead atoms. The Morgan fingerprint density at radius 3 is 2.52 bits per heavy atom. The van der Waals surface area contributed by atoms with Gasteiger partial charge in [0.15, 0.2) is 0 Å². The summed E-state index contributed by atoms with van der Waals surface area (Å²) in [6, 6.07) is 2.64. The molecule has 0 amide bonds. The molecule has 3 rings (SSSR count). The summed E-state index contributed by atoms with van der Waals surface area (Å²) in [4.78, 5) is 6.04. The first-order valence-corrected chi connectivity index (χ1v) is 9.34. The van der Waals surface area contributed by atoms with E-state index in [2.05, 4.69) is 28.6 Å². The summed E-state index contributed by atoms with van der Waals surface area (Å²) in [6.07, 6.45) is 0.477. The van der Waals surface area contributed by atoms with Gasteiger partial charge in [0.25, 0.3) is 0 Å². The molecule has 1 aromatic heterocycles. The molecule has 3 heterocycles. The standard InChI is InChI=1S/C17H23F3N2S/c1-13(8-14-2-3-15(21-9-14)17(18,19)20)10-22-11-16(12-22)4-6-23-7-5-16/h2-3,9,13H,4-8,10-12H2,1H3. The second-order valence-electron chi connectivity index (χ2n) is 7.14. The van der Waals surface area contributed by atoms with Crippen LogP contribution in [-0.2, 0) is 12.6 Å². The third kappa shape index (κ3) is 4.21. The van der Waals surface area contributed by atoms with E-state index in [1.807, 2.05) is 0 Å². The number of hydrogen-bond acceptors (Lipinski definition) is 3. The summed E-state index contributed by atoms with van der Waals surface area (Å²) in [5.74, 6) is 3.02. The molecule has 0 saturated carbocycles. The van der Waals surface area contributed by atoms with Crippen LogP contribution >= 0.6 is 11.8 Å². The van der Waals surface area contributed by atoms with Gasteiger partial charge in [-0.2, -0.15) is 24.9 Å². The maximum absolute atomic E-state index is 12.5. The Bertz CT molecular complexity index is 516. The third-order valence-electron chi connectivity index (χ3n) is 4.94. The lowest BCUT2D eigenvalue weighted by Crippen LogP contribution is -2.58. The predicted molar refractivity (Wildman–Crippen MR) is 87.5 cm³/mol. The van der Waals surface area contributed by atoms with Gasteiger partial charge in [0.05, 0.1) is 0 Å². The summed E-state index contributed by atoms with van der Waals surface area (Å²) in [5, 5.41) is 0. The van der Waals surface area contributed by atoms with Crippen LogP contribution in [-0.4, -0.2) is 41.0 Å². The number of aromatic nitrogens is 1. The summed E-state index contributed by atoms with van der Waals surface area (Å²) < 4.78 is 37.5. The van der Waals surface area contributed by atoms with Crippen LogP contribution < -0.4 is 0 Å². The summed E-state index contributed by atoms with van der Waals surface area (Å²) in [6.45, 7) is 5.58. The van der Waals surface area contributed by atoms with Crippen molar-refractivity contribution < 1.29 is 13.2 Å². The molecule has 2 aliphatic heterocycles. The van der Waals surface area contributed by atoms with Crippen molar-refractivity contribution >= 4 is 11.8 Å². The van der Waals surface area contributed by atoms with Gasteiger partial charge >= 0.3 is 6.18 Å². The van der Waals surface area contributed by atoms with E-state index >= 15 is 0 Å². The molecule has 0 radical (unpaired) electrons. The lowest BCUT2D eigenvalue weighted by atomic mass is 9.74. The first-order chi connectivity index (χ1) is 10.9. The first-order valence-electron chi connectivity index (χ1n) is 8.19. The Balaban J connectivity index is 1.46. The number of nitrogens with zero attached hydrogens (tertiary/aromatic N) is 2. The fourth-order valence-electron chi connectivity index (χ4n) is 3.77. The molecule has 2 fully saturated rings. The molecule has 128 valence electrons. The molecule has 2 aliphatic rings. The fourth-order valence-corrected chi connectivity index (χ4v) is 5.13. The summed E-state index contributed by atoms with van der Waals surface area (Å²) in [5.41, 5.74) is 0.643. The lowest BCUT2D eigenvalue weighted by molar-refractivity contribution is -0.141. The molecule has 0 aromatic carbocycles. The average Bonchev–Trinajstić information content (AvgIpc) is 2.46. The number of alkyl halides is 3. The van der Waals surface area contributed by atoms with Gasteiger partial charge < -0.3 is 4.90 Å². The normalized spacial score (nSPS) is 22.8. The highest BCUT2D eigenvalue weighted by molar-refractivity contribution is 7.99. The Morgan fingerprint density at radius 1 is 1.26 bits per heavy atom. The fraction of sp³-hybridized carbons (Fsp3) is 0.706. The molecule has 1 aromatic rings. The van der Waals surface area contributed by atoms with E-state index in [-0.39, 0.29) is 0 Å². The highest BCUT2D eigenvalue weighted by Gasteiger charge is 2.43. The minimum Gasteiger partial charge on any atom is -0.302 e. The zero-order chi connectivity index (χ0) is 16.5. The highest BCUT2D eigenvalue weighted by atomic mass is 32.2. The second kappa shape index (κ2) is 6.63. The number of pyridine rings is 1. The Labute approximate surface area is 139 Å². The quantitative estimate of drug-likeness (QED) is 0.818. The second-order valence-corrected chi connectivity index (χ2v) is 8.37. The first kappa shape index (κ1) is 17.1. The molecule has 1 unspecified atom stereocenters. The van der Waals surface area contributed by atoms with Gasteiger partial charge in [-0.05, 0) is 53.7 Å². The van der Waals surface area contributed by atoms with Gasteiger partial charge in [-0.15, -0.1) is 0 Å². The van der Waals surface area contributed by atoms with Gasteiger partial charge in [-0.3, -0.25) is 4.98 Å². The van der Waals surface area contributed by atoms with Crippen LogP contribution in [0, 0.1) is 11.3 Å². The minimum absolute atomic E-state index is 0.434. The van der Waals surface area contributed by atoms with E-state index in [0.717, 1.165) is 24.6 Å². The zero-order valence-corrected chi connectivity index (χ0v) is 14.2. The Morgan fingerprint density at radius 2 is 1.96 bits per heavy atom. The molecule has 1 atom stereocenters. The van der Waals surface area contributed by atoms with Crippen molar-refractivity contribution in [1.29, 1.82) is 0 Å². The van der Waals surface area contributed by atoms with Gasteiger partial charge in [0.1, 0.15) is 5.69 Å². The monoisotopic (exact) mass is 344 g/mol. The van der Waals surface area contributed by atoms with Gasteiger partial charge in [0, 0.05) is 25.8 Å². The van der Waals surface area contributed by atoms with E-state index in [1.54, 1.807) is 6.07 Å². The van der Waals surface area contributed by atoms with Crippen LogP contribution in [0.4, 0.5) is 13.2 Å². The lowest BCUT2D eigenvalue weighted by Gasteiger charge is -2.53.